The molecule has 27 heavy (non-hydrogen) atoms. The molecule has 2 rings (SSSR count). The molecule has 7 nitrogen and oxygen atoms in total. The smallest absolute Gasteiger partial charge is 0.337 e. The van der Waals surface area contributed by atoms with Gasteiger partial charge < -0.3 is 10.1 Å². The minimum absolute atomic E-state index is 0.0287. The average Bonchev–Trinajstić information content (AvgIpc) is 2.60. The van der Waals surface area contributed by atoms with E-state index in [-0.39, 0.29) is 22.5 Å². The maximum absolute atomic E-state index is 12.7. The number of methoxy groups -OCH3 is 1. The van der Waals surface area contributed by atoms with Crippen molar-refractivity contribution in [3.8, 4) is 0 Å². The number of rotatable bonds is 6. The number of carbonyl (C=O) groups is 2. The van der Waals surface area contributed by atoms with Crippen molar-refractivity contribution < 1.29 is 22.7 Å². The molecular formula is C19H22N2O5S. The van der Waals surface area contributed by atoms with Crippen molar-refractivity contribution >= 4 is 27.6 Å². The van der Waals surface area contributed by atoms with Gasteiger partial charge in [0, 0.05) is 17.3 Å². The van der Waals surface area contributed by atoms with Gasteiger partial charge in [0.2, 0.25) is 0 Å². The third kappa shape index (κ3) is 5.07. The zero-order valence-corrected chi connectivity index (χ0v) is 16.4. The summed E-state index contributed by atoms with van der Waals surface area (Å²) in [7, 11) is -2.63. The maximum Gasteiger partial charge on any atom is 0.337 e. The average molecular weight is 390 g/mol. The van der Waals surface area contributed by atoms with E-state index in [0.29, 0.717) is 16.7 Å². The largest absolute Gasteiger partial charge is 0.465 e. The molecule has 2 N–H and O–H groups in total. The number of aryl methyl sites for hydroxylation is 1. The van der Waals surface area contributed by atoms with Crippen LogP contribution in [-0.4, -0.2) is 33.4 Å². The highest BCUT2D eigenvalue weighted by Crippen LogP contribution is 2.20. The van der Waals surface area contributed by atoms with E-state index in [9.17, 15) is 18.0 Å². The Balaban J connectivity index is 2.28. The SMILES string of the molecule is COC(=O)c1ccc(NS(=O)(=O)c2ccc(C)c(C(=O)NC(C)C)c2)cc1. The predicted octanol–water partition coefficient (Wildman–Crippen LogP) is 2.72. The highest BCUT2D eigenvalue weighted by atomic mass is 32.2. The van der Waals surface area contributed by atoms with Crippen LogP contribution in [0.3, 0.4) is 0 Å². The van der Waals surface area contributed by atoms with E-state index in [1.54, 1.807) is 13.0 Å². The van der Waals surface area contributed by atoms with Crippen LogP contribution >= 0.6 is 0 Å². The molecule has 0 unspecified atom stereocenters. The van der Waals surface area contributed by atoms with Gasteiger partial charge in [0.1, 0.15) is 0 Å². The summed E-state index contributed by atoms with van der Waals surface area (Å²) in [4.78, 5) is 23.7. The number of ether oxygens (including phenoxy) is 1. The van der Waals surface area contributed by atoms with E-state index in [4.69, 9.17) is 0 Å². The number of hydrogen-bond donors (Lipinski definition) is 2. The van der Waals surface area contributed by atoms with Crippen LogP contribution < -0.4 is 10.0 Å². The van der Waals surface area contributed by atoms with E-state index in [1.165, 1.54) is 43.5 Å². The van der Waals surface area contributed by atoms with E-state index >= 15 is 0 Å². The van der Waals surface area contributed by atoms with Crippen molar-refractivity contribution in [1.82, 2.24) is 5.32 Å². The summed E-state index contributed by atoms with van der Waals surface area (Å²) < 4.78 is 32.3. The van der Waals surface area contributed by atoms with E-state index in [2.05, 4.69) is 14.8 Å². The molecule has 0 aromatic heterocycles. The van der Waals surface area contributed by atoms with Crippen LogP contribution in [0.25, 0.3) is 0 Å². The number of carbonyl (C=O) groups excluding carboxylic acids is 2. The summed E-state index contributed by atoms with van der Waals surface area (Å²) in [5.74, 6) is -0.842. The van der Waals surface area contributed by atoms with Crippen molar-refractivity contribution in [3.63, 3.8) is 0 Å². The second-order valence-electron chi connectivity index (χ2n) is 6.28. The van der Waals surface area contributed by atoms with Crippen LogP contribution in [-0.2, 0) is 14.8 Å². The van der Waals surface area contributed by atoms with Gasteiger partial charge in [0.25, 0.3) is 15.9 Å². The van der Waals surface area contributed by atoms with Gasteiger partial charge in [0.05, 0.1) is 17.6 Å². The number of amides is 1. The molecule has 1 amide bonds. The second-order valence-corrected chi connectivity index (χ2v) is 7.96. The summed E-state index contributed by atoms with van der Waals surface area (Å²) in [5.41, 5.74) is 1.57. The lowest BCUT2D eigenvalue weighted by atomic mass is 10.1. The molecule has 2 aromatic carbocycles. The topological polar surface area (TPSA) is 102 Å². The third-order valence-electron chi connectivity index (χ3n) is 3.74. The molecule has 8 heteroatoms. The van der Waals surface area contributed by atoms with Crippen LogP contribution in [0.5, 0.6) is 0 Å². The molecule has 0 aliphatic heterocycles. The summed E-state index contributed by atoms with van der Waals surface area (Å²) in [6.07, 6.45) is 0. The lowest BCUT2D eigenvalue weighted by Gasteiger charge is -2.13. The molecule has 144 valence electrons. The first-order valence-electron chi connectivity index (χ1n) is 8.26. The fraction of sp³-hybridized carbons (Fsp3) is 0.263. The number of benzene rings is 2. The minimum atomic E-state index is -3.90. The fourth-order valence-electron chi connectivity index (χ4n) is 2.36. The number of anilines is 1. The molecule has 2 aromatic rings. The van der Waals surface area contributed by atoms with Gasteiger partial charge in [-0.3, -0.25) is 9.52 Å². The van der Waals surface area contributed by atoms with Crippen molar-refractivity contribution in [3.05, 3.63) is 59.2 Å². The summed E-state index contributed by atoms with van der Waals surface area (Å²) in [5, 5.41) is 2.75. The van der Waals surface area contributed by atoms with E-state index in [0.717, 1.165) is 0 Å². The van der Waals surface area contributed by atoms with Gasteiger partial charge in [0.15, 0.2) is 0 Å². The standard InChI is InChI=1S/C19H22N2O5S/c1-12(2)20-18(22)17-11-16(10-5-13(17)3)27(24,25)21-15-8-6-14(7-9-15)19(23)26-4/h5-12,21H,1-4H3,(H,20,22). The first kappa shape index (κ1) is 20.4. The molecule has 0 spiro atoms. The van der Waals surface area contributed by atoms with Gasteiger partial charge in [-0.2, -0.15) is 0 Å². The Bertz CT molecular complexity index is 951. The first-order chi connectivity index (χ1) is 12.6. The monoisotopic (exact) mass is 390 g/mol. The van der Waals surface area contributed by atoms with Gasteiger partial charge in [-0.1, -0.05) is 6.07 Å². The minimum Gasteiger partial charge on any atom is -0.465 e. The van der Waals surface area contributed by atoms with Gasteiger partial charge in [-0.25, -0.2) is 13.2 Å². The summed E-state index contributed by atoms with van der Waals surface area (Å²) in [6, 6.07) is 10.1. The summed E-state index contributed by atoms with van der Waals surface area (Å²) in [6.45, 7) is 5.39. The molecule has 0 heterocycles. The quantitative estimate of drug-likeness (QED) is 0.739. The number of esters is 1. The van der Waals surface area contributed by atoms with Crippen molar-refractivity contribution in [2.75, 3.05) is 11.8 Å². The molecule has 0 saturated heterocycles. The molecule has 0 saturated carbocycles. The molecule has 0 radical (unpaired) electrons. The van der Waals surface area contributed by atoms with Crippen LogP contribution in [0, 0.1) is 6.92 Å². The maximum atomic E-state index is 12.7. The van der Waals surface area contributed by atoms with Crippen LogP contribution in [0.1, 0.15) is 40.1 Å². The second kappa shape index (κ2) is 8.22. The van der Waals surface area contributed by atoms with Crippen LogP contribution in [0.2, 0.25) is 0 Å². The van der Waals surface area contributed by atoms with Crippen molar-refractivity contribution in [2.24, 2.45) is 0 Å². The fourth-order valence-corrected chi connectivity index (χ4v) is 3.44. The highest BCUT2D eigenvalue weighted by molar-refractivity contribution is 7.92. The van der Waals surface area contributed by atoms with Crippen LogP contribution in [0.15, 0.2) is 47.4 Å². The van der Waals surface area contributed by atoms with Gasteiger partial charge in [-0.15, -0.1) is 0 Å². The van der Waals surface area contributed by atoms with Crippen molar-refractivity contribution in [2.45, 2.75) is 31.7 Å². The Morgan fingerprint density at radius 1 is 1.04 bits per heavy atom. The zero-order valence-electron chi connectivity index (χ0n) is 15.6. The van der Waals surface area contributed by atoms with Crippen molar-refractivity contribution in [1.29, 1.82) is 0 Å². The third-order valence-corrected chi connectivity index (χ3v) is 5.12. The van der Waals surface area contributed by atoms with E-state index in [1.807, 2.05) is 13.8 Å². The normalized spacial score (nSPS) is 11.1. The molecule has 0 aliphatic carbocycles. The summed E-state index contributed by atoms with van der Waals surface area (Å²) >= 11 is 0. The molecule has 0 aliphatic rings. The Labute approximate surface area is 158 Å². The molecule has 0 fully saturated rings. The molecular weight excluding hydrogens is 368 g/mol. The molecule has 0 bridgehead atoms. The Morgan fingerprint density at radius 2 is 1.67 bits per heavy atom. The highest BCUT2D eigenvalue weighted by Gasteiger charge is 2.19. The lowest BCUT2D eigenvalue weighted by Crippen LogP contribution is -2.30. The zero-order chi connectivity index (χ0) is 20.2. The Hall–Kier alpha value is -2.87. The first-order valence-corrected chi connectivity index (χ1v) is 9.75. The number of nitrogens with one attached hydrogen (secondary N) is 2. The van der Waals surface area contributed by atoms with E-state index < -0.39 is 16.0 Å². The Morgan fingerprint density at radius 3 is 2.22 bits per heavy atom. The predicted molar refractivity (Wildman–Crippen MR) is 102 cm³/mol. The van der Waals surface area contributed by atoms with Gasteiger partial charge in [-0.05, 0) is 62.7 Å². The lowest BCUT2D eigenvalue weighted by molar-refractivity contribution is 0.0600. The number of hydrogen-bond acceptors (Lipinski definition) is 5. The van der Waals surface area contributed by atoms with Crippen LogP contribution in [0.4, 0.5) is 5.69 Å². The molecule has 0 atom stereocenters. The number of sulfonamides is 1. The Kier molecular flexibility index (Phi) is 6.22. The van der Waals surface area contributed by atoms with Gasteiger partial charge >= 0.3 is 5.97 Å².